The van der Waals surface area contributed by atoms with E-state index in [1.165, 1.54) is 6.08 Å². The fourth-order valence-corrected chi connectivity index (χ4v) is 3.97. The number of anilines is 1. The predicted molar refractivity (Wildman–Crippen MR) is 128 cm³/mol. The Morgan fingerprint density at radius 3 is 2.61 bits per heavy atom. The van der Waals surface area contributed by atoms with E-state index >= 15 is 0 Å². The van der Waals surface area contributed by atoms with Crippen molar-refractivity contribution in [2.45, 2.75) is 20.5 Å². The first-order valence-corrected chi connectivity index (χ1v) is 10.7. The number of halogens is 2. The van der Waals surface area contributed by atoms with Gasteiger partial charge in [0.25, 0.3) is 5.91 Å². The average molecular weight is 496 g/mol. The van der Waals surface area contributed by atoms with E-state index in [1.807, 2.05) is 62.4 Å². The highest BCUT2D eigenvalue weighted by Crippen LogP contribution is 2.35. The van der Waals surface area contributed by atoms with Gasteiger partial charge in [-0.1, -0.05) is 59.6 Å². The maximum Gasteiger partial charge on any atom is 0.266 e. The molecule has 0 heterocycles. The van der Waals surface area contributed by atoms with Crippen LogP contribution in [0, 0.1) is 25.2 Å². The summed E-state index contributed by atoms with van der Waals surface area (Å²) in [5, 5.41) is 12.6. The van der Waals surface area contributed by atoms with Crippen molar-refractivity contribution in [1.82, 2.24) is 0 Å². The highest BCUT2D eigenvalue weighted by atomic mass is 79.9. The number of aryl methyl sites for hydroxylation is 2. The van der Waals surface area contributed by atoms with Gasteiger partial charge in [0, 0.05) is 5.69 Å². The molecule has 0 atom stereocenters. The molecule has 3 aromatic carbocycles. The third kappa shape index (κ3) is 5.97. The largest absolute Gasteiger partial charge is 0.486 e. The Hall–Kier alpha value is -3.07. The number of rotatable bonds is 6. The van der Waals surface area contributed by atoms with E-state index < -0.39 is 5.91 Å². The van der Waals surface area contributed by atoms with Crippen molar-refractivity contribution in [3.05, 3.63) is 98.0 Å². The molecule has 0 spiro atoms. The van der Waals surface area contributed by atoms with E-state index in [1.54, 1.807) is 18.2 Å². The molecule has 0 radical (unpaired) electrons. The summed E-state index contributed by atoms with van der Waals surface area (Å²) in [4.78, 5) is 12.6. The van der Waals surface area contributed by atoms with Crippen molar-refractivity contribution in [1.29, 1.82) is 5.26 Å². The molecule has 31 heavy (non-hydrogen) atoms. The zero-order valence-electron chi connectivity index (χ0n) is 17.1. The average Bonchev–Trinajstić information content (AvgIpc) is 2.73. The summed E-state index contributed by atoms with van der Waals surface area (Å²) < 4.78 is 6.53. The SMILES string of the molecule is Cc1cccc(COc2c(Cl)cc(/C=C(/C#N)C(=O)Nc3ccccc3C)cc2Br)c1. The van der Waals surface area contributed by atoms with Crippen LogP contribution in [0.4, 0.5) is 5.69 Å². The fraction of sp³-hybridized carbons (Fsp3) is 0.120. The van der Waals surface area contributed by atoms with Crippen LogP contribution in [0.5, 0.6) is 5.75 Å². The van der Waals surface area contributed by atoms with Crippen LogP contribution < -0.4 is 10.1 Å². The molecule has 0 saturated heterocycles. The van der Waals surface area contributed by atoms with Crippen LogP contribution >= 0.6 is 27.5 Å². The number of carbonyl (C=O) groups is 1. The van der Waals surface area contributed by atoms with Gasteiger partial charge in [-0.25, -0.2) is 0 Å². The smallest absolute Gasteiger partial charge is 0.266 e. The number of ether oxygens (including phenoxy) is 1. The van der Waals surface area contributed by atoms with Crippen molar-refractivity contribution in [2.24, 2.45) is 0 Å². The van der Waals surface area contributed by atoms with Crippen LogP contribution in [0.1, 0.15) is 22.3 Å². The second kappa shape index (κ2) is 10.3. The Kier molecular flexibility index (Phi) is 7.51. The highest BCUT2D eigenvalue weighted by Gasteiger charge is 2.13. The second-order valence-corrected chi connectivity index (χ2v) is 8.29. The van der Waals surface area contributed by atoms with Gasteiger partial charge in [-0.15, -0.1) is 0 Å². The Morgan fingerprint density at radius 2 is 1.94 bits per heavy atom. The van der Waals surface area contributed by atoms with E-state index in [9.17, 15) is 10.1 Å². The number of hydrogen-bond donors (Lipinski definition) is 1. The van der Waals surface area contributed by atoms with Crippen molar-refractivity contribution in [2.75, 3.05) is 5.32 Å². The van der Waals surface area contributed by atoms with E-state index in [0.29, 0.717) is 33.1 Å². The van der Waals surface area contributed by atoms with E-state index in [0.717, 1.165) is 16.7 Å². The molecule has 3 aromatic rings. The summed E-state index contributed by atoms with van der Waals surface area (Å²) >= 11 is 9.90. The van der Waals surface area contributed by atoms with Crippen LogP contribution in [0.2, 0.25) is 5.02 Å². The van der Waals surface area contributed by atoms with Gasteiger partial charge in [0.1, 0.15) is 18.2 Å². The zero-order chi connectivity index (χ0) is 22.4. The maximum absolute atomic E-state index is 12.6. The van der Waals surface area contributed by atoms with Crippen molar-refractivity contribution >= 4 is 45.2 Å². The monoisotopic (exact) mass is 494 g/mol. The molecule has 3 rings (SSSR count). The summed E-state index contributed by atoms with van der Waals surface area (Å²) in [5.74, 6) is 0.0204. The molecule has 0 aliphatic rings. The topological polar surface area (TPSA) is 62.1 Å². The van der Waals surface area contributed by atoms with Gasteiger partial charge in [0.15, 0.2) is 5.75 Å². The minimum absolute atomic E-state index is 0.0281. The molecule has 1 amide bonds. The Morgan fingerprint density at radius 1 is 1.16 bits per heavy atom. The van der Waals surface area contributed by atoms with Crippen LogP contribution in [0.3, 0.4) is 0 Å². The van der Waals surface area contributed by atoms with Gasteiger partial charge in [0.2, 0.25) is 0 Å². The molecule has 0 saturated carbocycles. The number of carbonyl (C=O) groups excluding carboxylic acids is 1. The minimum atomic E-state index is -0.483. The number of nitrogens with zero attached hydrogens (tertiary/aromatic N) is 1. The Labute approximate surface area is 195 Å². The van der Waals surface area contributed by atoms with E-state index in [-0.39, 0.29) is 5.57 Å². The van der Waals surface area contributed by atoms with Gasteiger partial charge in [-0.3, -0.25) is 4.79 Å². The van der Waals surface area contributed by atoms with Crippen LogP contribution in [0.25, 0.3) is 6.08 Å². The van der Waals surface area contributed by atoms with Crippen LogP contribution in [0.15, 0.2) is 70.7 Å². The molecule has 0 aromatic heterocycles. The molecule has 0 bridgehead atoms. The number of nitrogens with one attached hydrogen (secondary N) is 1. The molecule has 0 unspecified atom stereocenters. The van der Waals surface area contributed by atoms with Gasteiger partial charge in [-0.05, 0) is 70.7 Å². The molecule has 0 fully saturated rings. The second-order valence-electron chi connectivity index (χ2n) is 7.03. The van der Waals surface area contributed by atoms with Gasteiger partial charge < -0.3 is 10.1 Å². The quantitative estimate of drug-likeness (QED) is 0.301. The van der Waals surface area contributed by atoms with E-state index in [2.05, 4.69) is 21.2 Å². The fourth-order valence-electron chi connectivity index (χ4n) is 2.98. The van der Waals surface area contributed by atoms with Crippen molar-refractivity contribution in [3.63, 3.8) is 0 Å². The molecule has 0 aliphatic carbocycles. The normalized spacial score (nSPS) is 11.0. The molecule has 6 heteroatoms. The van der Waals surface area contributed by atoms with Crippen molar-refractivity contribution < 1.29 is 9.53 Å². The number of amides is 1. The summed E-state index contributed by atoms with van der Waals surface area (Å²) in [6, 6.07) is 20.8. The minimum Gasteiger partial charge on any atom is -0.486 e. The molecule has 4 nitrogen and oxygen atoms in total. The summed E-state index contributed by atoms with van der Waals surface area (Å²) in [5.41, 5.74) is 4.34. The predicted octanol–water partition coefficient (Wildman–Crippen LogP) is 6.84. The van der Waals surface area contributed by atoms with Crippen LogP contribution in [-0.4, -0.2) is 5.91 Å². The van der Waals surface area contributed by atoms with Gasteiger partial charge >= 0.3 is 0 Å². The first kappa shape index (κ1) is 22.6. The Bertz CT molecular complexity index is 1180. The third-order valence-electron chi connectivity index (χ3n) is 4.56. The summed E-state index contributed by atoms with van der Waals surface area (Å²) in [7, 11) is 0. The molecular formula is C25H20BrClN2O2. The van der Waals surface area contributed by atoms with Crippen molar-refractivity contribution in [3.8, 4) is 11.8 Å². The van der Waals surface area contributed by atoms with Crippen LogP contribution in [-0.2, 0) is 11.4 Å². The molecule has 1 N–H and O–H groups in total. The molecule has 156 valence electrons. The number of benzene rings is 3. The summed E-state index contributed by atoms with van der Waals surface area (Å²) in [6.07, 6.45) is 1.49. The first-order valence-electron chi connectivity index (χ1n) is 9.53. The summed E-state index contributed by atoms with van der Waals surface area (Å²) in [6.45, 7) is 4.28. The zero-order valence-corrected chi connectivity index (χ0v) is 19.4. The molecule has 0 aliphatic heterocycles. The lowest BCUT2D eigenvalue weighted by Crippen LogP contribution is -2.14. The lowest BCUT2D eigenvalue weighted by atomic mass is 10.1. The van der Waals surface area contributed by atoms with E-state index in [4.69, 9.17) is 16.3 Å². The standard InChI is InChI=1S/C25H20BrClN2O2/c1-16-6-5-8-18(10-16)15-31-24-21(26)12-19(13-22(24)27)11-20(14-28)25(30)29-23-9-4-3-7-17(23)2/h3-13H,15H2,1-2H3,(H,29,30)/b20-11-. The lowest BCUT2D eigenvalue weighted by molar-refractivity contribution is -0.112. The lowest BCUT2D eigenvalue weighted by Gasteiger charge is -2.12. The highest BCUT2D eigenvalue weighted by molar-refractivity contribution is 9.10. The third-order valence-corrected chi connectivity index (χ3v) is 5.43. The number of hydrogen-bond acceptors (Lipinski definition) is 3. The van der Waals surface area contributed by atoms with Gasteiger partial charge in [-0.2, -0.15) is 5.26 Å². The Balaban J connectivity index is 1.78. The number of nitriles is 1. The maximum atomic E-state index is 12.6. The number of para-hydroxylation sites is 1. The first-order chi connectivity index (χ1) is 14.9. The van der Waals surface area contributed by atoms with Gasteiger partial charge in [0.05, 0.1) is 9.50 Å². The molecular weight excluding hydrogens is 476 g/mol.